The predicted molar refractivity (Wildman–Crippen MR) is 110 cm³/mol. The molecule has 0 saturated heterocycles. The summed E-state index contributed by atoms with van der Waals surface area (Å²) in [5, 5.41) is 1.70. The molecule has 0 unspecified atom stereocenters. The van der Waals surface area contributed by atoms with E-state index in [1.165, 1.54) is 15.9 Å². The first kappa shape index (κ1) is 20.3. The highest BCUT2D eigenvalue weighted by molar-refractivity contribution is 7.11. The predicted octanol–water partition coefficient (Wildman–Crippen LogP) is 1.76. The van der Waals surface area contributed by atoms with Crippen molar-refractivity contribution in [3.8, 4) is 0 Å². The molecular weight excluding hydrogens is 394 g/mol. The zero-order valence-corrected chi connectivity index (χ0v) is 16.5. The third-order valence-corrected chi connectivity index (χ3v) is 5.15. The first-order valence-corrected chi connectivity index (χ1v) is 9.72. The van der Waals surface area contributed by atoms with Crippen LogP contribution in [0.1, 0.15) is 32.5 Å². The molecule has 150 valence electrons. The average Bonchev–Trinajstić information content (AvgIpc) is 3.25. The van der Waals surface area contributed by atoms with E-state index in [0.29, 0.717) is 4.88 Å². The van der Waals surface area contributed by atoms with Gasteiger partial charge in [0.05, 0.1) is 6.54 Å². The van der Waals surface area contributed by atoms with Crippen LogP contribution in [0.5, 0.6) is 0 Å². The fourth-order valence-electron chi connectivity index (χ4n) is 2.84. The molecule has 9 heteroatoms. The number of ether oxygens (including phenoxy) is 1. The van der Waals surface area contributed by atoms with Crippen LogP contribution in [0.25, 0.3) is 0 Å². The van der Waals surface area contributed by atoms with E-state index in [1.54, 1.807) is 36.6 Å². The molecule has 3 aromatic rings. The summed E-state index contributed by atoms with van der Waals surface area (Å²) in [6.07, 6.45) is 0. The maximum absolute atomic E-state index is 12.7. The zero-order valence-electron chi connectivity index (χ0n) is 15.7. The van der Waals surface area contributed by atoms with Gasteiger partial charge in [-0.2, -0.15) is 0 Å². The third kappa shape index (κ3) is 4.19. The molecule has 0 bridgehead atoms. The minimum atomic E-state index is -0.795. The maximum Gasteiger partial charge on any atom is 0.348 e. The smallest absolute Gasteiger partial charge is 0.348 e. The lowest BCUT2D eigenvalue weighted by Gasteiger charge is -2.15. The fourth-order valence-corrected chi connectivity index (χ4v) is 3.46. The summed E-state index contributed by atoms with van der Waals surface area (Å²) in [5.74, 6) is -1.67. The van der Waals surface area contributed by atoms with Gasteiger partial charge in [-0.15, -0.1) is 11.3 Å². The largest absolute Gasteiger partial charge is 0.453 e. The molecule has 0 aliphatic rings. The number of carbonyl (C=O) groups is 2. The quantitative estimate of drug-likeness (QED) is 0.466. The number of hydrogen-bond acceptors (Lipinski definition) is 7. The monoisotopic (exact) mass is 413 g/mol. The lowest BCUT2D eigenvalue weighted by Crippen LogP contribution is -2.44. The summed E-state index contributed by atoms with van der Waals surface area (Å²) >= 11 is 1.17. The molecule has 0 atom stereocenters. The summed E-state index contributed by atoms with van der Waals surface area (Å²) in [5.41, 5.74) is 5.07. The Morgan fingerprint density at radius 3 is 2.41 bits per heavy atom. The summed E-state index contributed by atoms with van der Waals surface area (Å²) in [6.45, 7) is 1.14. The first-order chi connectivity index (χ1) is 13.9. The maximum atomic E-state index is 12.7. The van der Waals surface area contributed by atoms with Gasteiger partial charge in [0.2, 0.25) is 5.78 Å². The SMILES string of the molecule is CCn1c(=O)c(C(=O)COC(=O)c2cccs2)c(N)n(Cc2ccccc2)c1=O. The number of nitrogens with two attached hydrogens (primary N) is 1. The number of esters is 1. The fraction of sp³-hybridized carbons (Fsp3) is 0.200. The van der Waals surface area contributed by atoms with Crippen LogP contribution in [0.15, 0.2) is 57.4 Å². The van der Waals surface area contributed by atoms with Crippen LogP contribution in [0.3, 0.4) is 0 Å². The van der Waals surface area contributed by atoms with E-state index in [1.807, 2.05) is 18.2 Å². The van der Waals surface area contributed by atoms with Crippen molar-refractivity contribution in [1.29, 1.82) is 0 Å². The van der Waals surface area contributed by atoms with E-state index in [-0.39, 0.29) is 24.5 Å². The number of aromatic nitrogens is 2. The molecule has 0 spiro atoms. The van der Waals surface area contributed by atoms with Crippen molar-refractivity contribution in [2.45, 2.75) is 20.0 Å². The summed E-state index contributed by atoms with van der Waals surface area (Å²) in [7, 11) is 0. The lowest BCUT2D eigenvalue weighted by molar-refractivity contribution is 0.0479. The molecule has 2 heterocycles. The molecule has 0 amide bonds. The van der Waals surface area contributed by atoms with Gasteiger partial charge in [-0.05, 0) is 23.9 Å². The van der Waals surface area contributed by atoms with Gasteiger partial charge < -0.3 is 10.5 Å². The van der Waals surface area contributed by atoms with Gasteiger partial charge in [-0.25, -0.2) is 9.59 Å². The van der Waals surface area contributed by atoms with Crippen LogP contribution in [-0.2, 0) is 17.8 Å². The van der Waals surface area contributed by atoms with Crippen molar-refractivity contribution in [2.24, 2.45) is 0 Å². The van der Waals surface area contributed by atoms with Crippen LogP contribution >= 0.6 is 11.3 Å². The van der Waals surface area contributed by atoms with Crippen molar-refractivity contribution in [2.75, 3.05) is 12.3 Å². The molecule has 2 aromatic heterocycles. The normalized spacial score (nSPS) is 10.7. The number of hydrogen-bond donors (Lipinski definition) is 1. The van der Waals surface area contributed by atoms with Crippen molar-refractivity contribution in [3.05, 3.63) is 84.7 Å². The van der Waals surface area contributed by atoms with Crippen molar-refractivity contribution < 1.29 is 14.3 Å². The summed E-state index contributed by atoms with van der Waals surface area (Å²) < 4.78 is 7.12. The standard InChI is InChI=1S/C20H19N3O5S/c1-2-22-18(25)16(14(24)12-28-19(26)15-9-6-10-29-15)17(21)23(20(22)27)11-13-7-4-3-5-8-13/h3-10H,2,11-12,21H2,1H3. The molecule has 0 fully saturated rings. The number of nitrogen functional groups attached to an aromatic ring is 1. The van der Waals surface area contributed by atoms with Crippen LogP contribution in [-0.4, -0.2) is 27.5 Å². The van der Waals surface area contributed by atoms with E-state index < -0.39 is 29.6 Å². The van der Waals surface area contributed by atoms with Gasteiger partial charge in [0.25, 0.3) is 5.56 Å². The van der Waals surface area contributed by atoms with Gasteiger partial charge in [0, 0.05) is 6.54 Å². The van der Waals surface area contributed by atoms with Crippen molar-refractivity contribution in [3.63, 3.8) is 0 Å². The van der Waals surface area contributed by atoms with Crippen molar-refractivity contribution >= 4 is 28.9 Å². The second kappa shape index (κ2) is 8.70. The molecular formula is C20H19N3O5S. The van der Waals surface area contributed by atoms with Gasteiger partial charge in [-0.1, -0.05) is 36.4 Å². The number of Topliss-reactive ketones (excluding diaryl/α,β-unsaturated/α-hetero) is 1. The number of anilines is 1. The molecule has 8 nitrogen and oxygen atoms in total. The molecule has 29 heavy (non-hydrogen) atoms. The Morgan fingerprint density at radius 1 is 1.07 bits per heavy atom. The molecule has 1 aromatic carbocycles. The number of ketones is 1. The number of thiophene rings is 1. The minimum Gasteiger partial charge on any atom is -0.453 e. The van der Waals surface area contributed by atoms with Gasteiger partial charge in [0.15, 0.2) is 6.61 Å². The Labute approximate surface area is 169 Å². The Balaban J connectivity index is 1.96. The third-order valence-electron chi connectivity index (χ3n) is 4.30. The van der Waals surface area contributed by atoms with Crippen LogP contribution in [0, 0.1) is 0 Å². The summed E-state index contributed by atoms with van der Waals surface area (Å²) in [4.78, 5) is 50.3. The van der Waals surface area contributed by atoms with Crippen LogP contribution < -0.4 is 17.0 Å². The molecule has 0 aliphatic heterocycles. The highest BCUT2D eigenvalue weighted by Crippen LogP contribution is 2.12. The average molecular weight is 413 g/mol. The Morgan fingerprint density at radius 2 is 1.79 bits per heavy atom. The Kier molecular flexibility index (Phi) is 6.08. The van der Waals surface area contributed by atoms with E-state index in [0.717, 1.165) is 10.1 Å². The molecule has 3 rings (SSSR count). The molecule has 0 saturated carbocycles. The highest BCUT2D eigenvalue weighted by atomic mass is 32.1. The molecule has 0 aliphatic carbocycles. The van der Waals surface area contributed by atoms with E-state index in [9.17, 15) is 19.2 Å². The number of nitrogens with zero attached hydrogens (tertiary/aromatic N) is 2. The van der Waals surface area contributed by atoms with Crippen LogP contribution in [0.4, 0.5) is 5.82 Å². The minimum absolute atomic E-state index is 0.0714. The number of rotatable bonds is 7. The van der Waals surface area contributed by atoms with Crippen molar-refractivity contribution in [1.82, 2.24) is 9.13 Å². The first-order valence-electron chi connectivity index (χ1n) is 8.84. The second-order valence-electron chi connectivity index (χ2n) is 6.14. The van der Waals surface area contributed by atoms with E-state index in [4.69, 9.17) is 10.5 Å². The number of benzene rings is 1. The topological polar surface area (TPSA) is 113 Å². The second-order valence-corrected chi connectivity index (χ2v) is 7.09. The summed E-state index contributed by atoms with van der Waals surface area (Å²) in [6, 6.07) is 12.3. The van der Waals surface area contributed by atoms with Gasteiger partial charge >= 0.3 is 11.7 Å². The van der Waals surface area contributed by atoms with Crippen LogP contribution in [0.2, 0.25) is 0 Å². The highest BCUT2D eigenvalue weighted by Gasteiger charge is 2.23. The lowest BCUT2D eigenvalue weighted by atomic mass is 10.2. The van der Waals surface area contributed by atoms with Gasteiger partial charge in [-0.3, -0.25) is 18.7 Å². The zero-order chi connectivity index (χ0) is 21.0. The Hall–Kier alpha value is -3.46. The van der Waals surface area contributed by atoms with E-state index in [2.05, 4.69) is 0 Å². The molecule has 0 radical (unpaired) electrons. The van der Waals surface area contributed by atoms with Gasteiger partial charge in [0.1, 0.15) is 16.3 Å². The van der Waals surface area contributed by atoms with E-state index >= 15 is 0 Å². The molecule has 2 N–H and O–H groups in total. The number of carbonyl (C=O) groups excluding carboxylic acids is 2. The Bertz CT molecular complexity index is 1150.